The second kappa shape index (κ2) is 3.13. The Morgan fingerprint density at radius 2 is 1.93 bits per heavy atom. The molecule has 0 aromatic heterocycles. The largest absolute Gasteiger partial charge is 0.0842 e. The fourth-order valence-corrected chi connectivity index (χ4v) is 2.65. The molecule has 0 saturated carbocycles. The fraction of sp³-hybridized carbons (Fsp3) is 0.286. The highest BCUT2D eigenvalue weighted by Crippen LogP contribution is 2.40. The van der Waals surface area contributed by atoms with Gasteiger partial charge >= 0.3 is 0 Å². The number of fused-ring (bicyclic) bond motifs is 3. The third-order valence-electron chi connectivity index (χ3n) is 3.39. The zero-order valence-corrected chi connectivity index (χ0v) is 8.19. The van der Waals surface area contributed by atoms with Crippen molar-refractivity contribution >= 4 is 0 Å². The Bertz CT molecular complexity index is 388. The summed E-state index contributed by atoms with van der Waals surface area (Å²) in [5, 5.41) is 0. The first-order chi connectivity index (χ1) is 6.95. The standard InChI is InChI=1S/C14H14/c1-3-7-13-11(5-1)9-10-12-6-2-4-8-14(12)13/h1-3,5-7,9-10,13-14H,4,8H2. The van der Waals surface area contributed by atoms with E-state index in [1.54, 1.807) is 0 Å². The van der Waals surface area contributed by atoms with E-state index < -0.39 is 0 Å². The smallest absolute Gasteiger partial charge is 0.00899 e. The molecular weight excluding hydrogens is 168 g/mol. The van der Waals surface area contributed by atoms with Crippen molar-refractivity contribution in [3.05, 3.63) is 59.8 Å². The number of hydrogen-bond donors (Lipinski definition) is 0. The van der Waals surface area contributed by atoms with E-state index in [0.29, 0.717) is 5.92 Å². The molecular formula is C14H14. The lowest BCUT2D eigenvalue weighted by Gasteiger charge is -2.32. The fourth-order valence-electron chi connectivity index (χ4n) is 2.65. The van der Waals surface area contributed by atoms with Gasteiger partial charge in [-0.3, -0.25) is 0 Å². The SMILES string of the molecule is C1=CC2=CC=C3C=CCCC3C2C=C1. The Kier molecular flexibility index (Phi) is 1.80. The van der Waals surface area contributed by atoms with E-state index in [2.05, 4.69) is 48.6 Å². The van der Waals surface area contributed by atoms with Gasteiger partial charge in [0.1, 0.15) is 0 Å². The second-order valence-electron chi connectivity index (χ2n) is 4.19. The van der Waals surface area contributed by atoms with Crippen molar-refractivity contribution < 1.29 is 0 Å². The summed E-state index contributed by atoms with van der Waals surface area (Å²) in [6.07, 6.45) is 20.6. The van der Waals surface area contributed by atoms with Crippen LogP contribution in [0.5, 0.6) is 0 Å². The van der Waals surface area contributed by atoms with Gasteiger partial charge in [-0.25, -0.2) is 0 Å². The average molecular weight is 182 g/mol. The van der Waals surface area contributed by atoms with Gasteiger partial charge in [-0.1, -0.05) is 48.6 Å². The minimum absolute atomic E-state index is 0.643. The summed E-state index contributed by atoms with van der Waals surface area (Å²) in [6.45, 7) is 0. The maximum Gasteiger partial charge on any atom is 0.00899 e. The van der Waals surface area contributed by atoms with Crippen LogP contribution in [-0.4, -0.2) is 0 Å². The Hall–Kier alpha value is -1.30. The van der Waals surface area contributed by atoms with Gasteiger partial charge in [-0.05, 0) is 29.9 Å². The van der Waals surface area contributed by atoms with Crippen LogP contribution in [0.15, 0.2) is 59.8 Å². The van der Waals surface area contributed by atoms with Gasteiger partial charge in [0.25, 0.3) is 0 Å². The first-order valence-electron chi connectivity index (χ1n) is 5.38. The van der Waals surface area contributed by atoms with Crippen LogP contribution in [0, 0.1) is 11.8 Å². The van der Waals surface area contributed by atoms with Crippen molar-refractivity contribution in [2.45, 2.75) is 12.8 Å². The Morgan fingerprint density at radius 3 is 2.93 bits per heavy atom. The van der Waals surface area contributed by atoms with Crippen molar-refractivity contribution in [1.82, 2.24) is 0 Å². The van der Waals surface area contributed by atoms with E-state index in [1.807, 2.05) is 0 Å². The summed E-state index contributed by atoms with van der Waals surface area (Å²) in [5.41, 5.74) is 3.00. The van der Waals surface area contributed by atoms with E-state index in [9.17, 15) is 0 Å². The number of rotatable bonds is 0. The lowest BCUT2D eigenvalue weighted by atomic mass is 9.72. The summed E-state index contributed by atoms with van der Waals surface area (Å²) in [5.74, 6) is 1.38. The van der Waals surface area contributed by atoms with Crippen LogP contribution >= 0.6 is 0 Å². The quantitative estimate of drug-likeness (QED) is 0.537. The first-order valence-corrected chi connectivity index (χ1v) is 5.38. The molecule has 0 aromatic carbocycles. The van der Waals surface area contributed by atoms with Crippen LogP contribution in [0.1, 0.15) is 12.8 Å². The zero-order chi connectivity index (χ0) is 9.38. The van der Waals surface area contributed by atoms with Gasteiger partial charge in [0.05, 0.1) is 0 Å². The predicted molar refractivity (Wildman–Crippen MR) is 59.8 cm³/mol. The van der Waals surface area contributed by atoms with Crippen molar-refractivity contribution in [3.8, 4) is 0 Å². The van der Waals surface area contributed by atoms with Crippen LogP contribution in [-0.2, 0) is 0 Å². The van der Waals surface area contributed by atoms with Crippen molar-refractivity contribution in [1.29, 1.82) is 0 Å². The van der Waals surface area contributed by atoms with Crippen molar-refractivity contribution in [2.24, 2.45) is 11.8 Å². The maximum absolute atomic E-state index is 2.35. The lowest BCUT2D eigenvalue weighted by molar-refractivity contribution is 0.470. The van der Waals surface area contributed by atoms with Crippen LogP contribution in [0.4, 0.5) is 0 Å². The van der Waals surface area contributed by atoms with Crippen molar-refractivity contribution in [2.75, 3.05) is 0 Å². The monoisotopic (exact) mass is 182 g/mol. The number of hydrogen-bond acceptors (Lipinski definition) is 0. The number of allylic oxidation sites excluding steroid dienone is 10. The molecule has 3 aliphatic rings. The molecule has 14 heavy (non-hydrogen) atoms. The van der Waals surface area contributed by atoms with Gasteiger partial charge in [-0.15, -0.1) is 0 Å². The molecule has 0 N–H and O–H groups in total. The van der Waals surface area contributed by atoms with E-state index in [0.717, 1.165) is 5.92 Å². The molecule has 3 rings (SSSR count). The molecule has 0 saturated heterocycles. The topological polar surface area (TPSA) is 0 Å². The van der Waals surface area contributed by atoms with Gasteiger partial charge in [-0.2, -0.15) is 0 Å². The Labute approximate surface area is 85.0 Å². The molecule has 0 heterocycles. The average Bonchev–Trinajstić information content (AvgIpc) is 2.29. The summed E-state index contributed by atoms with van der Waals surface area (Å²) in [6, 6.07) is 0. The van der Waals surface area contributed by atoms with E-state index in [4.69, 9.17) is 0 Å². The summed E-state index contributed by atoms with van der Waals surface area (Å²) < 4.78 is 0. The highest BCUT2D eigenvalue weighted by atomic mass is 14.3. The lowest BCUT2D eigenvalue weighted by Crippen LogP contribution is -2.21. The first kappa shape index (κ1) is 8.05. The molecule has 2 atom stereocenters. The van der Waals surface area contributed by atoms with Gasteiger partial charge < -0.3 is 0 Å². The molecule has 3 aliphatic carbocycles. The zero-order valence-electron chi connectivity index (χ0n) is 8.19. The van der Waals surface area contributed by atoms with Crippen molar-refractivity contribution in [3.63, 3.8) is 0 Å². The molecule has 0 fully saturated rings. The minimum Gasteiger partial charge on any atom is -0.0842 e. The molecule has 70 valence electrons. The Balaban J connectivity index is 2.04. The molecule has 0 bridgehead atoms. The van der Waals surface area contributed by atoms with Crippen LogP contribution in [0.3, 0.4) is 0 Å². The maximum atomic E-state index is 2.35. The third-order valence-corrected chi connectivity index (χ3v) is 3.39. The molecule has 0 amide bonds. The van der Waals surface area contributed by atoms with E-state index >= 15 is 0 Å². The predicted octanol–water partition coefficient (Wildman–Crippen LogP) is 3.56. The van der Waals surface area contributed by atoms with Crippen LogP contribution in [0.25, 0.3) is 0 Å². The highest BCUT2D eigenvalue weighted by molar-refractivity contribution is 5.45. The normalized spacial score (nSPS) is 33.1. The molecule has 0 heteroatoms. The third kappa shape index (κ3) is 1.14. The van der Waals surface area contributed by atoms with E-state index in [-0.39, 0.29) is 0 Å². The molecule has 0 aromatic rings. The van der Waals surface area contributed by atoms with Gasteiger partial charge in [0.2, 0.25) is 0 Å². The van der Waals surface area contributed by atoms with Crippen LogP contribution in [0.2, 0.25) is 0 Å². The Morgan fingerprint density at radius 1 is 1.00 bits per heavy atom. The highest BCUT2D eigenvalue weighted by Gasteiger charge is 2.28. The molecule has 0 aliphatic heterocycles. The molecule has 0 radical (unpaired) electrons. The summed E-state index contributed by atoms with van der Waals surface area (Å²) in [7, 11) is 0. The molecule has 0 spiro atoms. The van der Waals surface area contributed by atoms with Gasteiger partial charge in [0, 0.05) is 5.92 Å². The van der Waals surface area contributed by atoms with Gasteiger partial charge in [0.15, 0.2) is 0 Å². The summed E-state index contributed by atoms with van der Waals surface area (Å²) in [4.78, 5) is 0. The summed E-state index contributed by atoms with van der Waals surface area (Å²) >= 11 is 0. The molecule has 0 nitrogen and oxygen atoms in total. The minimum atomic E-state index is 0.643. The van der Waals surface area contributed by atoms with E-state index in [1.165, 1.54) is 24.0 Å². The second-order valence-corrected chi connectivity index (χ2v) is 4.19. The van der Waals surface area contributed by atoms with Crippen LogP contribution < -0.4 is 0 Å². The molecule has 2 unspecified atom stereocenters.